The number of hydrogen-bond donors (Lipinski definition) is 1. The molecule has 0 aliphatic carbocycles. The van der Waals surface area contributed by atoms with Crippen molar-refractivity contribution < 1.29 is 0 Å². The number of nitrogens with zero attached hydrogens (tertiary/aromatic N) is 2. The summed E-state index contributed by atoms with van der Waals surface area (Å²) in [4.78, 5) is 2.39. The number of hydrogen-bond acceptors (Lipinski definition) is 3. The predicted octanol–water partition coefficient (Wildman–Crippen LogP) is 2.77. The van der Waals surface area contributed by atoms with Crippen LogP contribution in [-0.2, 0) is 0 Å². The molecule has 2 N–H and O–H groups in total. The minimum Gasteiger partial charge on any atom is -0.398 e. The fourth-order valence-electron chi connectivity index (χ4n) is 2.53. The zero-order chi connectivity index (χ0) is 12.4. The van der Waals surface area contributed by atoms with E-state index < -0.39 is 0 Å². The summed E-state index contributed by atoms with van der Waals surface area (Å²) in [6.07, 6.45) is 2.52. The summed E-state index contributed by atoms with van der Waals surface area (Å²) < 4.78 is 0. The van der Waals surface area contributed by atoms with E-state index in [1.54, 1.807) is 0 Å². The molecule has 1 aliphatic rings. The summed E-state index contributed by atoms with van der Waals surface area (Å²) >= 11 is 0. The lowest BCUT2D eigenvalue weighted by atomic mass is 9.91. The van der Waals surface area contributed by atoms with Gasteiger partial charge in [0.25, 0.3) is 0 Å². The van der Waals surface area contributed by atoms with E-state index in [1.165, 1.54) is 12.8 Å². The van der Waals surface area contributed by atoms with Gasteiger partial charge in [-0.05, 0) is 43.9 Å². The highest BCUT2D eigenvalue weighted by Gasteiger charge is 2.24. The summed E-state index contributed by atoms with van der Waals surface area (Å²) in [5, 5.41) is 8.87. The number of benzene rings is 1. The average Bonchev–Trinajstić information content (AvgIpc) is 2.32. The third-order valence-corrected chi connectivity index (χ3v) is 3.86. The molecule has 2 unspecified atom stereocenters. The van der Waals surface area contributed by atoms with Crippen LogP contribution in [0.15, 0.2) is 18.2 Å². The first-order valence-electron chi connectivity index (χ1n) is 6.19. The normalized spacial score (nSPS) is 24.4. The number of nitriles is 1. The molecule has 1 aliphatic heterocycles. The van der Waals surface area contributed by atoms with Gasteiger partial charge in [0, 0.05) is 18.3 Å². The zero-order valence-corrected chi connectivity index (χ0v) is 10.5. The Morgan fingerprint density at radius 1 is 1.41 bits per heavy atom. The van der Waals surface area contributed by atoms with Gasteiger partial charge in [-0.1, -0.05) is 6.92 Å². The third kappa shape index (κ3) is 2.21. The molecule has 0 bridgehead atoms. The summed E-state index contributed by atoms with van der Waals surface area (Å²) in [6, 6.07) is 8.38. The van der Waals surface area contributed by atoms with E-state index in [0.29, 0.717) is 23.2 Å². The summed E-state index contributed by atoms with van der Waals surface area (Å²) in [5.74, 6) is 0.709. The van der Waals surface area contributed by atoms with Crippen molar-refractivity contribution in [3.05, 3.63) is 23.8 Å². The Morgan fingerprint density at radius 3 is 2.82 bits per heavy atom. The van der Waals surface area contributed by atoms with Crippen LogP contribution in [0.4, 0.5) is 11.4 Å². The molecule has 3 nitrogen and oxygen atoms in total. The number of nitrogens with two attached hydrogens (primary N) is 1. The lowest BCUT2D eigenvalue weighted by Crippen LogP contribution is -2.42. The standard InChI is InChI=1S/C14H19N3/c1-10-4-3-7-17(11(10)2)13-6-5-12(9-15)14(16)8-13/h5-6,8,10-11H,3-4,7,16H2,1-2H3. The molecule has 1 aromatic carbocycles. The molecule has 1 aromatic rings. The van der Waals surface area contributed by atoms with E-state index in [9.17, 15) is 0 Å². The molecule has 17 heavy (non-hydrogen) atoms. The van der Waals surface area contributed by atoms with Crippen LogP contribution in [-0.4, -0.2) is 12.6 Å². The van der Waals surface area contributed by atoms with Crippen molar-refractivity contribution in [3.8, 4) is 6.07 Å². The maximum Gasteiger partial charge on any atom is 0.101 e. The van der Waals surface area contributed by atoms with Crippen LogP contribution in [0.3, 0.4) is 0 Å². The van der Waals surface area contributed by atoms with Crippen molar-refractivity contribution in [3.63, 3.8) is 0 Å². The molecular weight excluding hydrogens is 210 g/mol. The van der Waals surface area contributed by atoms with Crippen LogP contribution in [0.25, 0.3) is 0 Å². The minimum absolute atomic E-state index is 0.538. The molecule has 3 heteroatoms. The van der Waals surface area contributed by atoms with Crippen molar-refractivity contribution in [2.75, 3.05) is 17.2 Å². The monoisotopic (exact) mass is 229 g/mol. The molecule has 0 saturated carbocycles. The van der Waals surface area contributed by atoms with Gasteiger partial charge in [0.2, 0.25) is 0 Å². The van der Waals surface area contributed by atoms with Crippen LogP contribution < -0.4 is 10.6 Å². The molecule has 1 fully saturated rings. The van der Waals surface area contributed by atoms with E-state index in [0.717, 1.165) is 12.2 Å². The topological polar surface area (TPSA) is 53.0 Å². The fraction of sp³-hybridized carbons (Fsp3) is 0.500. The maximum atomic E-state index is 8.87. The molecular formula is C14H19N3. The Morgan fingerprint density at radius 2 is 2.18 bits per heavy atom. The quantitative estimate of drug-likeness (QED) is 0.753. The van der Waals surface area contributed by atoms with Gasteiger partial charge in [-0.3, -0.25) is 0 Å². The molecule has 1 saturated heterocycles. The molecule has 2 atom stereocenters. The Bertz CT molecular complexity index is 447. The first kappa shape index (κ1) is 11.8. The van der Waals surface area contributed by atoms with Gasteiger partial charge in [0.15, 0.2) is 0 Å². The first-order valence-corrected chi connectivity index (χ1v) is 6.19. The third-order valence-electron chi connectivity index (χ3n) is 3.86. The number of nitrogen functional groups attached to an aromatic ring is 1. The maximum absolute atomic E-state index is 8.87. The van der Waals surface area contributed by atoms with E-state index in [4.69, 9.17) is 11.0 Å². The van der Waals surface area contributed by atoms with Crippen molar-refractivity contribution >= 4 is 11.4 Å². The molecule has 2 rings (SSSR count). The summed E-state index contributed by atoms with van der Waals surface area (Å²) in [7, 11) is 0. The highest BCUT2D eigenvalue weighted by Crippen LogP contribution is 2.30. The Balaban J connectivity index is 2.28. The number of rotatable bonds is 1. The van der Waals surface area contributed by atoms with Crippen LogP contribution in [0.1, 0.15) is 32.3 Å². The van der Waals surface area contributed by atoms with Gasteiger partial charge in [0.1, 0.15) is 6.07 Å². The molecule has 0 aromatic heterocycles. The fourth-order valence-corrected chi connectivity index (χ4v) is 2.53. The highest BCUT2D eigenvalue weighted by molar-refractivity contribution is 5.64. The Hall–Kier alpha value is -1.69. The summed E-state index contributed by atoms with van der Waals surface area (Å²) in [5.41, 5.74) is 8.15. The average molecular weight is 229 g/mol. The van der Waals surface area contributed by atoms with Crippen molar-refractivity contribution in [2.24, 2.45) is 5.92 Å². The van der Waals surface area contributed by atoms with Crippen LogP contribution in [0.5, 0.6) is 0 Å². The smallest absolute Gasteiger partial charge is 0.101 e. The van der Waals surface area contributed by atoms with Gasteiger partial charge in [-0.25, -0.2) is 0 Å². The van der Waals surface area contributed by atoms with Gasteiger partial charge in [-0.2, -0.15) is 5.26 Å². The second-order valence-electron chi connectivity index (χ2n) is 4.94. The molecule has 1 heterocycles. The minimum atomic E-state index is 0.538. The first-order chi connectivity index (χ1) is 8.13. The SMILES string of the molecule is CC1CCCN(c2ccc(C#N)c(N)c2)C1C. The van der Waals surface area contributed by atoms with Gasteiger partial charge >= 0.3 is 0 Å². The number of anilines is 2. The molecule has 0 spiro atoms. The lowest BCUT2D eigenvalue weighted by Gasteiger charge is -2.39. The van der Waals surface area contributed by atoms with Gasteiger partial charge < -0.3 is 10.6 Å². The second-order valence-corrected chi connectivity index (χ2v) is 4.94. The predicted molar refractivity (Wildman–Crippen MR) is 70.8 cm³/mol. The Labute approximate surface area is 103 Å². The highest BCUT2D eigenvalue weighted by atomic mass is 15.2. The van der Waals surface area contributed by atoms with Crippen molar-refractivity contribution in [1.82, 2.24) is 0 Å². The van der Waals surface area contributed by atoms with E-state index >= 15 is 0 Å². The Kier molecular flexibility index (Phi) is 3.23. The summed E-state index contributed by atoms with van der Waals surface area (Å²) in [6.45, 7) is 5.64. The molecule has 0 amide bonds. The van der Waals surface area contributed by atoms with E-state index in [-0.39, 0.29) is 0 Å². The van der Waals surface area contributed by atoms with E-state index in [1.807, 2.05) is 18.2 Å². The van der Waals surface area contributed by atoms with Gasteiger partial charge in [-0.15, -0.1) is 0 Å². The molecule has 90 valence electrons. The zero-order valence-electron chi connectivity index (χ0n) is 10.5. The van der Waals surface area contributed by atoms with Crippen LogP contribution in [0.2, 0.25) is 0 Å². The van der Waals surface area contributed by atoms with Crippen molar-refractivity contribution in [1.29, 1.82) is 5.26 Å². The van der Waals surface area contributed by atoms with Gasteiger partial charge in [0.05, 0.1) is 11.3 Å². The van der Waals surface area contributed by atoms with Crippen LogP contribution in [0, 0.1) is 17.2 Å². The second kappa shape index (κ2) is 4.67. The largest absolute Gasteiger partial charge is 0.398 e. The number of piperidine rings is 1. The molecule has 0 radical (unpaired) electrons. The van der Waals surface area contributed by atoms with Crippen molar-refractivity contribution in [2.45, 2.75) is 32.7 Å². The lowest BCUT2D eigenvalue weighted by molar-refractivity contribution is 0.363. The van der Waals surface area contributed by atoms with E-state index in [2.05, 4.69) is 24.8 Å². The van der Waals surface area contributed by atoms with Crippen LogP contribution >= 0.6 is 0 Å².